The van der Waals surface area contributed by atoms with Crippen LogP contribution in [0, 0.1) is 0 Å². The molecule has 0 saturated heterocycles. The van der Waals surface area contributed by atoms with E-state index in [0.29, 0.717) is 16.9 Å². The minimum Gasteiger partial charge on any atom is -0.399 e. The van der Waals surface area contributed by atoms with Crippen LogP contribution in [0.4, 0.5) is 11.4 Å². The predicted molar refractivity (Wildman–Crippen MR) is 65.5 cm³/mol. The van der Waals surface area contributed by atoms with E-state index in [1.807, 2.05) is 0 Å². The molecule has 0 radical (unpaired) electrons. The molecule has 1 amide bonds. The van der Waals surface area contributed by atoms with Gasteiger partial charge in [0.15, 0.2) is 0 Å². The molecule has 1 unspecified atom stereocenters. The van der Waals surface area contributed by atoms with E-state index in [1.54, 1.807) is 12.1 Å². The molecule has 0 aliphatic rings. The van der Waals surface area contributed by atoms with Crippen molar-refractivity contribution in [2.75, 3.05) is 31.8 Å². The van der Waals surface area contributed by atoms with Crippen LogP contribution in [0.15, 0.2) is 18.2 Å². The number of nitrogen functional groups attached to an aromatic ring is 2. The van der Waals surface area contributed by atoms with Crippen molar-refractivity contribution in [1.82, 2.24) is 5.32 Å². The molecule has 17 heavy (non-hydrogen) atoms. The maximum absolute atomic E-state index is 11.8. The van der Waals surface area contributed by atoms with Crippen molar-refractivity contribution in [3.63, 3.8) is 0 Å². The lowest BCUT2D eigenvalue weighted by atomic mass is 10.1. The van der Waals surface area contributed by atoms with Gasteiger partial charge in [-0.05, 0) is 18.2 Å². The van der Waals surface area contributed by atoms with Gasteiger partial charge >= 0.3 is 0 Å². The number of nitrogens with one attached hydrogen (secondary N) is 1. The van der Waals surface area contributed by atoms with Gasteiger partial charge in [0.05, 0.1) is 24.8 Å². The molecule has 1 rings (SSSR count). The summed E-state index contributed by atoms with van der Waals surface area (Å²) >= 11 is 0. The number of hydrogen-bond acceptors (Lipinski definition) is 5. The number of carbonyl (C=O) groups is 1. The molecule has 0 aromatic heterocycles. The molecule has 0 spiro atoms. The zero-order valence-electron chi connectivity index (χ0n) is 9.64. The van der Waals surface area contributed by atoms with Crippen molar-refractivity contribution in [3.05, 3.63) is 23.8 Å². The van der Waals surface area contributed by atoms with Crippen LogP contribution >= 0.6 is 0 Å². The summed E-state index contributed by atoms with van der Waals surface area (Å²) in [5, 5.41) is 11.6. The fourth-order valence-corrected chi connectivity index (χ4v) is 1.39. The lowest BCUT2D eigenvalue weighted by Crippen LogP contribution is -2.40. The number of carbonyl (C=O) groups excluding carboxylic acids is 1. The molecular formula is C11H17N3O3. The first-order valence-electron chi connectivity index (χ1n) is 5.14. The highest BCUT2D eigenvalue weighted by atomic mass is 16.5. The summed E-state index contributed by atoms with van der Waals surface area (Å²) in [5.41, 5.74) is 12.3. The van der Waals surface area contributed by atoms with Crippen LogP contribution in [-0.2, 0) is 4.74 Å². The van der Waals surface area contributed by atoms with Crippen LogP contribution in [0.5, 0.6) is 0 Å². The molecule has 6 heteroatoms. The summed E-state index contributed by atoms with van der Waals surface area (Å²) in [5.74, 6) is -0.362. The maximum atomic E-state index is 11.8. The smallest absolute Gasteiger partial charge is 0.253 e. The molecule has 1 aromatic carbocycles. The van der Waals surface area contributed by atoms with Gasteiger partial charge in [-0.25, -0.2) is 0 Å². The van der Waals surface area contributed by atoms with E-state index in [-0.39, 0.29) is 19.1 Å². The SMILES string of the molecule is COCC(CO)NC(=O)c1ccc(N)cc1N. The molecule has 0 bridgehead atoms. The molecule has 6 N–H and O–H groups in total. The highest BCUT2D eigenvalue weighted by Crippen LogP contribution is 2.15. The van der Waals surface area contributed by atoms with Gasteiger partial charge in [0.2, 0.25) is 0 Å². The monoisotopic (exact) mass is 239 g/mol. The third-order valence-corrected chi connectivity index (χ3v) is 2.24. The average Bonchev–Trinajstić information content (AvgIpc) is 2.28. The molecule has 94 valence electrons. The van der Waals surface area contributed by atoms with Crippen molar-refractivity contribution in [3.8, 4) is 0 Å². The first-order chi connectivity index (χ1) is 8.08. The Morgan fingerprint density at radius 1 is 1.53 bits per heavy atom. The van der Waals surface area contributed by atoms with Gasteiger partial charge in [-0.15, -0.1) is 0 Å². The number of aliphatic hydroxyl groups is 1. The lowest BCUT2D eigenvalue weighted by molar-refractivity contribution is 0.0840. The minimum absolute atomic E-state index is 0.200. The van der Waals surface area contributed by atoms with E-state index in [1.165, 1.54) is 13.2 Å². The van der Waals surface area contributed by atoms with Crippen LogP contribution in [-0.4, -0.2) is 37.4 Å². The quantitative estimate of drug-likeness (QED) is 0.522. The normalized spacial score (nSPS) is 12.1. The van der Waals surface area contributed by atoms with Crippen LogP contribution < -0.4 is 16.8 Å². The Bertz CT molecular complexity index is 396. The molecule has 1 aromatic rings. The first-order valence-corrected chi connectivity index (χ1v) is 5.14. The van der Waals surface area contributed by atoms with E-state index in [9.17, 15) is 4.79 Å². The van der Waals surface area contributed by atoms with E-state index in [2.05, 4.69) is 5.32 Å². The maximum Gasteiger partial charge on any atom is 0.253 e. The summed E-state index contributed by atoms with van der Waals surface area (Å²) in [6.07, 6.45) is 0. The van der Waals surface area contributed by atoms with E-state index >= 15 is 0 Å². The Hall–Kier alpha value is -1.79. The van der Waals surface area contributed by atoms with Gasteiger partial charge < -0.3 is 26.6 Å². The lowest BCUT2D eigenvalue weighted by Gasteiger charge is -2.16. The highest BCUT2D eigenvalue weighted by Gasteiger charge is 2.14. The molecule has 0 fully saturated rings. The Kier molecular flexibility index (Phi) is 4.74. The highest BCUT2D eigenvalue weighted by molar-refractivity contribution is 5.99. The standard InChI is InChI=1S/C11H17N3O3/c1-17-6-8(5-15)14-11(16)9-3-2-7(12)4-10(9)13/h2-4,8,15H,5-6,12-13H2,1H3,(H,14,16). The van der Waals surface area contributed by atoms with Crippen LogP contribution in [0.25, 0.3) is 0 Å². The summed E-state index contributed by atoms with van der Waals surface area (Å²) in [6, 6.07) is 4.19. The second-order valence-electron chi connectivity index (χ2n) is 3.65. The minimum atomic E-state index is -0.454. The van der Waals surface area contributed by atoms with Gasteiger partial charge in [0, 0.05) is 18.5 Å². The Labute approximate surface area is 99.6 Å². The largest absolute Gasteiger partial charge is 0.399 e. The zero-order valence-corrected chi connectivity index (χ0v) is 9.64. The van der Waals surface area contributed by atoms with Crippen molar-refractivity contribution < 1.29 is 14.6 Å². The fraction of sp³-hybridized carbons (Fsp3) is 0.364. The summed E-state index contributed by atoms with van der Waals surface area (Å²) in [4.78, 5) is 11.8. The Morgan fingerprint density at radius 2 is 2.24 bits per heavy atom. The van der Waals surface area contributed by atoms with Crippen molar-refractivity contribution in [2.24, 2.45) is 0 Å². The molecule has 1 atom stereocenters. The van der Waals surface area contributed by atoms with E-state index < -0.39 is 6.04 Å². The van der Waals surface area contributed by atoms with Gasteiger partial charge in [-0.1, -0.05) is 0 Å². The number of nitrogens with two attached hydrogens (primary N) is 2. The third-order valence-electron chi connectivity index (χ3n) is 2.24. The van der Waals surface area contributed by atoms with Gasteiger partial charge in [0.1, 0.15) is 0 Å². The van der Waals surface area contributed by atoms with Gasteiger partial charge in [-0.3, -0.25) is 4.79 Å². The van der Waals surface area contributed by atoms with E-state index in [0.717, 1.165) is 0 Å². The topological polar surface area (TPSA) is 111 Å². The third kappa shape index (κ3) is 3.61. The second kappa shape index (κ2) is 6.07. The molecule has 0 heterocycles. The van der Waals surface area contributed by atoms with Crippen LogP contribution in [0.1, 0.15) is 10.4 Å². The number of amides is 1. The number of methoxy groups -OCH3 is 1. The number of anilines is 2. The van der Waals surface area contributed by atoms with Crippen LogP contribution in [0.2, 0.25) is 0 Å². The molecule has 0 saturated carbocycles. The van der Waals surface area contributed by atoms with Crippen molar-refractivity contribution in [2.45, 2.75) is 6.04 Å². The van der Waals surface area contributed by atoms with Gasteiger partial charge in [-0.2, -0.15) is 0 Å². The number of aliphatic hydroxyl groups excluding tert-OH is 1. The second-order valence-corrected chi connectivity index (χ2v) is 3.65. The van der Waals surface area contributed by atoms with E-state index in [4.69, 9.17) is 21.3 Å². The Morgan fingerprint density at radius 3 is 2.76 bits per heavy atom. The number of benzene rings is 1. The number of rotatable bonds is 5. The van der Waals surface area contributed by atoms with Crippen molar-refractivity contribution >= 4 is 17.3 Å². The molecular weight excluding hydrogens is 222 g/mol. The summed E-state index contributed by atoms with van der Waals surface area (Å²) in [7, 11) is 1.49. The zero-order chi connectivity index (χ0) is 12.8. The van der Waals surface area contributed by atoms with Gasteiger partial charge in [0.25, 0.3) is 5.91 Å². The molecule has 0 aliphatic heterocycles. The Balaban J connectivity index is 2.75. The number of ether oxygens (including phenoxy) is 1. The average molecular weight is 239 g/mol. The summed E-state index contributed by atoms with van der Waals surface area (Å²) in [6.45, 7) is 0.0333. The fourth-order valence-electron chi connectivity index (χ4n) is 1.39. The number of hydrogen-bond donors (Lipinski definition) is 4. The van der Waals surface area contributed by atoms with Crippen LogP contribution in [0.3, 0.4) is 0 Å². The first kappa shape index (κ1) is 13.3. The predicted octanol–water partition coefficient (Wildman–Crippen LogP) is -0.412. The summed E-state index contributed by atoms with van der Waals surface area (Å²) < 4.78 is 4.86. The molecule has 6 nitrogen and oxygen atoms in total. The van der Waals surface area contributed by atoms with Crippen molar-refractivity contribution in [1.29, 1.82) is 0 Å². The molecule has 0 aliphatic carbocycles.